The van der Waals surface area contributed by atoms with E-state index in [1.807, 2.05) is 13.8 Å². The van der Waals surface area contributed by atoms with Crippen LogP contribution in [0.3, 0.4) is 0 Å². The van der Waals surface area contributed by atoms with E-state index in [0.717, 1.165) is 11.3 Å². The van der Waals surface area contributed by atoms with Gasteiger partial charge in [0.1, 0.15) is 5.65 Å². The van der Waals surface area contributed by atoms with E-state index in [9.17, 15) is 9.59 Å². The predicted octanol–water partition coefficient (Wildman–Crippen LogP) is 2.41. The third-order valence-corrected chi connectivity index (χ3v) is 3.36. The number of carbonyl (C=O) groups is 2. The third-order valence-electron chi connectivity index (χ3n) is 2.98. The molecule has 0 radical (unpaired) electrons. The van der Waals surface area contributed by atoms with Crippen molar-refractivity contribution in [2.24, 2.45) is 0 Å². The van der Waals surface area contributed by atoms with Crippen LogP contribution in [0.15, 0.2) is 0 Å². The van der Waals surface area contributed by atoms with E-state index in [1.54, 1.807) is 6.92 Å². The number of halogens is 1. The van der Waals surface area contributed by atoms with E-state index in [1.165, 1.54) is 0 Å². The fraction of sp³-hybridized carbons (Fsp3) is 0.250. The summed E-state index contributed by atoms with van der Waals surface area (Å²) in [7, 11) is 0. The van der Waals surface area contributed by atoms with Gasteiger partial charge in [-0.2, -0.15) is 0 Å². The molecule has 0 aliphatic rings. The summed E-state index contributed by atoms with van der Waals surface area (Å²) in [6.07, 6.45) is 0. The van der Waals surface area contributed by atoms with Gasteiger partial charge in [-0.1, -0.05) is 11.6 Å². The molecule has 2 aromatic heterocycles. The predicted molar refractivity (Wildman–Crippen MR) is 67.3 cm³/mol. The molecule has 2 N–H and O–H groups in total. The molecule has 0 fully saturated rings. The molecule has 94 valence electrons. The molecule has 0 saturated heterocycles. The van der Waals surface area contributed by atoms with Crippen molar-refractivity contribution in [1.29, 1.82) is 0 Å². The lowest BCUT2D eigenvalue weighted by molar-refractivity contribution is -0.131. The number of nitrogens with zero attached hydrogens (tertiary/aromatic N) is 1. The van der Waals surface area contributed by atoms with Crippen LogP contribution in [0.25, 0.3) is 11.0 Å². The highest BCUT2D eigenvalue weighted by molar-refractivity contribution is 6.47. The first kappa shape index (κ1) is 12.6. The van der Waals surface area contributed by atoms with E-state index in [0.29, 0.717) is 16.7 Å². The summed E-state index contributed by atoms with van der Waals surface area (Å²) in [6, 6.07) is 0. The van der Waals surface area contributed by atoms with Crippen LogP contribution >= 0.6 is 11.6 Å². The summed E-state index contributed by atoms with van der Waals surface area (Å²) in [5.41, 5.74) is 2.58. The normalized spacial score (nSPS) is 10.9. The number of hydrogen-bond donors (Lipinski definition) is 2. The zero-order chi connectivity index (χ0) is 13.6. The topological polar surface area (TPSA) is 83.0 Å². The average Bonchev–Trinajstić information content (AvgIpc) is 2.54. The molecule has 6 heteroatoms. The number of fused-ring (bicyclic) bond motifs is 1. The summed E-state index contributed by atoms with van der Waals surface area (Å²) in [4.78, 5) is 29.6. The zero-order valence-electron chi connectivity index (χ0n) is 10.1. The van der Waals surface area contributed by atoms with Crippen molar-refractivity contribution >= 4 is 34.4 Å². The summed E-state index contributed by atoms with van der Waals surface area (Å²) >= 11 is 6.16. The molecule has 0 amide bonds. The Morgan fingerprint density at radius 2 is 1.89 bits per heavy atom. The van der Waals surface area contributed by atoms with Crippen LogP contribution in [0.1, 0.15) is 27.3 Å². The molecular weight excluding hydrogens is 256 g/mol. The van der Waals surface area contributed by atoms with Crippen LogP contribution in [0, 0.1) is 20.8 Å². The van der Waals surface area contributed by atoms with Gasteiger partial charge in [0.25, 0.3) is 5.78 Å². The number of carboxylic acids is 1. The van der Waals surface area contributed by atoms with E-state index in [-0.39, 0.29) is 10.6 Å². The number of carbonyl (C=O) groups excluding carboxylic acids is 1. The monoisotopic (exact) mass is 266 g/mol. The van der Waals surface area contributed by atoms with Crippen molar-refractivity contribution in [3.63, 3.8) is 0 Å². The lowest BCUT2D eigenvalue weighted by Crippen LogP contribution is -2.15. The first-order valence-corrected chi connectivity index (χ1v) is 5.65. The first-order valence-electron chi connectivity index (χ1n) is 5.27. The molecule has 0 aliphatic heterocycles. The van der Waals surface area contributed by atoms with Crippen molar-refractivity contribution in [3.05, 3.63) is 27.5 Å². The van der Waals surface area contributed by atoms with E-state index in [2.05, 4.69) is 9.97 Å². The van der Waals surface area contributed by atoms with Gasteiger partial charge in [-0.3, -0.25) is 4.79 Å². The number of rotatable bonds is 2. The maximum absolute atomic E-state index is 11.6. The standard InChI is InChI=1S/C12H11ClN2O3/c1-4-5(2)14-11-7(4)9(13)8(6(3)15-11)10(16)12(17)18/h1-3H3,(H,14,15)(H,17,18). The van der Waals surface area contributed by atoms with Gasteiger partial charge >= 0.3 is 5.97 Å². The van der Waals surface area contributed by atoms with Crippen LogP contribution in [-0.4, -0.2) is 26.8 Å². The molecule has 2 aromatic rings. The minimum absolute atomic E-state index is 0.0428. The minimum atomic E-state index is -1.54. The lowest BCUT2D eigenvalue weighted by Gasteiger charge is -2.06. The van der Waals surface area contributed by atoms with Gasteiger partial charge in [0, 0.05) is 11.1 Å². The number of Topliss-reactive ketones (excluding diaryl/α,β-unsaturated/α-hetero) is 1. The number of ketones is 1. The largest absolute Gasteiger partial charge is 0.475 e. The fourth-order valence-electron chi connectivity index (χ4n) is 1.93. The molecule has 0 saturated carbocycles. The Hall–Kier alpha value is -1.88. The summed E-state index contributed by atoms with van der Waals surface area (Å²) in [5, 5.41) is 9.53. The van der Waals surface area contributed by atoms with Gasteiger partial charge in [-0.05, 0) is 26.3 Å². The number of pyridine rings is 1. The summed E-state index contributed by atoms with van der Waals surface area (Å²) < 4.78 is 0. The second-order valence-corrected chi connectivity index (χ2v) is 4.50. The highest BCUT2D eigenvalue weighted by atomic mass is 35.5. The Kier molecular flexibility index (Phi) is 2.86. The second kappa shape index (κ2) is 4.10. The third kappa shape index (κ3) is 1.67. The van der Waals surface area contributed by atoms with Gasteiger partial charge in [0.05, 0.1) is 16.3 Å². The van der Waals surface area contributed by atoms with Crippen LogP contribution in [0.4, 0.5) is 0 Å². The number of aliphatic carboxylic acids is 1. The van der Waals surface area contributed by atoms with Gasteiger partial charge in [-0.15, -0.1) is 0 Å². The zero-order valence-corrected chi connectivity index (χ0v) is 10.8. The molecule has 5 nitrogen and oxygen atoms in total. The van der Waals surface area contributed by atoms with E-state index >= 15 is 0 Å². The quantitative estimate of drug-likeness (QED) is 0.646. The Morgan fingerprint density at radius 3 is 2.44 bits per heavy atom. The lowest BCUT2D eigenvalue weighted by atomic mass is 10.1. The number of aromatic nitrogens is 2. The summed E-state index contributed by atoms with van der Waals surface area (Å²) in [6.45, 7) is 5.26. The second-order valence-electron chi connectivity index (χ2n) is 4.12. The minimum Gasteiger partial charge on any atom is -0.475 e. The van der Waals surface area contributed by atoms with Crippen LogP contribution in [0.2, 0.25) is 5.02 Å². The number of aryl methyl sites for hydroxylation is 3. The fourth-order valence-corrected chi connectivity index (χ4v) is 2.38. The van der Waals surface area contributed by atoms with E-state index in [4.69, 9.17) is 16.7 Å². The average molecular weight is 267 g/mol. The molecule has 2 rings (SSSR count). The van der Waals surface area contributed by atoms with Crippen molar-refractivity contribution in [2.75, 3.05) is 0 Å². The Balaban J connectivity index is 2.87. The van der Waals surface area contributed by atoms with Gasteiger partial charge < -0.3 is 10.1 Å². The molecule has 0 atom stereocenters. The number of nitrogens with one attached hydrogen (secondary N) is 1. The van der Waals surface area contributed by atoms with Crippen molar-refractivity contribution < 1.29 is 14.7 Å². The molecule has 0 aromatic carbocycles. The van der Waals surface area contributed by atoms with Crippen molar-refractivity contribution in [3.8, 4) is 0 Å². The number of hydrogen-bond acceptors (Lipinski definition) is 3. The highest BCUT2D eigenvalue weighted by Gasteiger charge is 2.24. The molecule has 0 aliphatic carbocycles. The SMILES string of the molecule is Cc1nc2[nH]c(C)c(C)c2c(Cl)c1C(=O)C(=O)O. The van der Waals surface area contributed by atoms with E-state index < -0.39 is 11.8 Å². The van der Waals surface area contributed by atoms with Gasteiger partial charge in [0.15, 0.2) is 0 Å². The van der Waals surface area contributed by atoms with Crippen LogP contribution in [0.5, 0.6) is 0 Å². The number of carboxylic acid groups (broad SMARTS) is 1. The Bertz CT molecular complexity index is 688. The first-order chi connectivity index (χ1) is 8.34. The highest BCUT2D eigenvalue weighted by Crippen LogP contribution is 2.32. The van der Waals surface area contributed by atoms with Crippen LogP contribution < -0.4 is 0 Å². The van der Waals surface area contributed by atoms with Gasteiger partial charge in [0.2, 0.25) is 0 Å². The molecule has 0 spiro atoms. The Labute approximate surface area is 108 Å². The molecule has 0 bridgehead atoms. The Morgan fingerprint density at radius 1 is 1.28 bits per heavy atom. The maximum Gasteiger partial charge on any atom is 0.377 e. The molecule has 18 heavy (non-hydrogen) atoms. The maximum atomic E-state index is 11.6. The molecule has 2 heterocycles. The van der Waals surface area contributed by atoms with Crippen molar-refractivity contribution in [1.82, 2.24) is 9.97 Å². The van der Waals surface area contributed by atoms with Crippen LogP contribution in [-0.2, 0) is 4.79 Å². The number of aromatic amines is 1. The molecular formula is C12H11ClN2O3. The molecule has 0 unspecified atom stereocenters. The smallest absolute Gasteiger partial charge is 0.377 e. The number of H-pyrrole nitrogens is 1. The van der Waals surface area contributed by atoms with Gasteiger partial charge in [-0.25, -0.2) is 9.78 Å². The summed E-state index contributed by atoms with van der Waals surface area (Å²) in [5.74, 6) is -2.57. The van der Waals surface area contributed by atoms with Crippen molar-refractivity contribution in [2.45, 2.75) is 20.8 Å².